The Morgan fingerprint density at radius 2 is 1.96 bits per heavy atom. The number of rotatable bonds is 3. The molecule has 132 valence electrons. The minimum absolute atomic E-state index is 0.0503. The molecule has 1 amide bonds. The monoisotopic (exact) mass is 349 g/mol. The van der Waals surface area contributed by atoms with Crippen molar-refractivity contribution < 1.29 is 14.3 Å². The van der Waals surface area contributed by atoms with Crippen molar-refractivity contribution in [2.24, 2.45) is 0 Å². The minimum Gasteiger partial charge on any atom is -0.451 e. The number of para-hydroxylation sites is 1. The van der Waals surface area contributed by atoms with E-state index in [4.69, 9.17) is 4.74 Å². The molecule has 3 heterocycles. The van der Waals surface area contributed by atoms with Crippen molar-refractivity contribution in [3.63, 3.8) is 0 Å². The molecule has 0 saturated carbocycles. The van der Waals surface area contributed by atoms with Crippen LogP contribution in [0.25, 0.3) is 5.52 Å². The number of pyridine rings is 1. The average Bonchev–Trinajstić information content (AvgIpc) is 3.16. The fraction of sp³-hybridized carbons (Fsp3) is 0.250. The van der Waals surface area contributed by atoms with E-state index in [0.717, 1.165) is 17.7 Å². The lowest BCUT2D eigenvalue weighted by Crippen LogP contribution is -2.38. The van der Waals surface area contributed by atoms with Crippen LogP contribution < -0.4 is 4.90 Å². The Morgan fingerprint density at radius 1 is 1.19 bits per heavy atom. The fourth-order valence-electron chi connectivity index (χ4n) is 3.55. The summed E-state index contributed by atoms with van der Waals surface area (Å²) in [6.45, 7) is 3.51. The maximum absolute atomic E-state index is 12.6. The molecule has 1 aliphatic heterocycles. The molecule has 0 N–H and O–H groups in total. The predicted octanol–water partition coefficient (Wildman–Crippen LogP) is 2.78. The first kappa shape index (κ1) is 16.3. The second-order valence-electron chi connectivity index (χ2n) is 6.49. The summed E-state index contributed by atoms with van der Waals surface area (Å²) in [5.41, 5.74) is 2.92. The zero-order chi connectivity index (χ0) is 18.3. The topological polar surface area (TPSA) is 63.9 Å². The Bertz CT molecular complexity index is 1010. The van der Waals surface area contributed by atoms with Crippen molar-refractivity contribution in [2.45, 2.75) is 26.3 Å². The number of carbonyl (C=O) groups is 2. The lowest BCUT2D eigenvalue weighted by molar-refractivity contribution is -0.122. The summed E-state index contributed by atoms with van der Waals surface area (Å²) >= 11 is 0. The Hall–Kier alpha value is -3.15. The molecule has 26 heavy (non-hydrogen) atoms. The molecule has 0 fully saturated rings. The van der Waals surface area contributed by atoms with Gasteiger partial charge in [0.1, 0.15) is 5.82 Å². The van der Waals surface area contributed by atoms with Gasteiger partial charge in [-0.15, -0.1) is 0 Å². The molecule has 3 aromatic rings. The molecule has 0 unspecified atom stereocenters. The Kier molecular flexibility index (Phi) is 3.95. The lowest BCUT2D eigenvalue weighted by atomic mass is 10.1. The second kappa shape index (κ2) is 6.29. The number of aromatic nitrogens is 2. The molecular formula is C20H19N3O3. The van der Waals surface area contributed by atoms with Crippen LogP contribution in [0, 0.1) is 6.92 Å². The highest BCUT2D eigenvalue weighted by molar-refractivity contribution is 6.00. The molecule has 6 nitrogen and oxygen atoms in total. The number of ether oxygens (including phenoxy) is 1. The van der Waals surface area contributed by atoms with Crippen molar-refractivity contribution in [1.82, 2.24) is 9.38 Å². The highest BCUT2D eigenvalue weighted by Crippen LogP contribution is 2.31. The van der Waals surface area contributed by atoms with E-state index in [-0.39, 0.29) is 24.2 Å². The number of fused-ring (bicyclic) bond motifs is 2. The van der Waals surface area contributed by atoms with Crippen molar-refractivity contribution in [2.75, 3.05) is 11.5 Å². The molecular weight excluding hydrogens is 330 g/mol. The van der Waals surface area contributed by atoms with Gasteiger partial charge in [0.15, 0.2) is 12.3 Å². The maximum atomic E-state index is 12.6. The quantitative estimate of drug-likeness (QED) is 0.682. The summed E-state index contributed by atoms with van der Waals surface area (Å²) in [7, 11) is 0. The zero-order valence-electron chi connectivity index (χ0n) is 14.7. The van der Waals surface area contributed by atoms with Gasteiger partial charge in [-0.3, -0.25) is 4.79 Å². The molecule has 0 bridgehead atoms. The van der Waals surface area contributed by atoms with Crippen LogP contribution in [0.3, 0.4) is 0 Å². The summed E-state index contributed by atoms with van der Waals surface area (Å²) < 4.78 is 7.10. The molecule has 4 rings (SSSR count). The van der Waals surface area contributed by atoms with Crippen LogP contribution in [0.4, 0.5) is 5.69 Å². The molecule has 6 heteroatoms. The van der Waals surface area contributed by atoms with Gasteiger partial charge in [-0.25, -0.2) is 9.78 Å². The predicted molar refractivity (Wildman–Crippen MR) is 97.3 cm³/mol. The normalized spacial score (nSPS) is 15.9. The van der Waals surface area contributed by atoms with Gasteiger partial charge < -0.3 is 14.0 Å². The Morgan fingerprint density at radius 3 is 2.81 bits per heavy atom. The van der Waals surface area contributed by atoms with Crippen LogP contribution in [0.15, 0.2) is 48.7 Å². The average molecular weight is 349 g/mol. The smallest absolute Gasteiger partial charge is 0.359 e. The number of benzene rings is 1. The summed E-state index contributed by atoms with van der Waals surface area (Å²) in [4.78, 5) is 31.1. The van der Waals surface area contributed by atoms with E-state index in [1.807, 2.05) is 60.8 Å². The van der Waals surface area contributed by atoms with E-state index in [2.05, 4.69) is 4.98 Å². The van der Waals surface area contributed by atoms with E-state index in [0.29, 0.717) is 11.3 Å². The van der Waals surface area contributed by atoms with Gasteiger partial charge in [0.25, 0.3) is 5.91 Å². The van der Waals surface area contributed by atoms with Gasteiger partial charge in [-0.1, -0.05) is 24.3 Å². The number of hydrogen-bond acceptors (Lipinski definition) is 4. The SMILES string of the molecule is Cc1nc(C(=O)OCC(=O)N2c3ccccc3C[C@H]2C)c2ccccn12. The number of aryl methyl sites for hydroxylation is 1. The molecule has 1 atom stereocenters. The molecule has 1 aliphatic rings. The van der Waals surface area contributed by atoms with E-state index in [9.17, 15) is 9.59 Å². The van der Waals surface area contributed by atoms with Crippen LogP contribution in [-0.4, -0.2) is 33.9 Å². The largest absolute Gasteiger partial charge is 0.451 e. The molecule has 1 aromatic carbocycles. The summed E-state index contributed by atoms with van der Waals surface area (Å²) in [5, 5.41) is 0. The highest BCUT2D eigenvalue weighted by Gasteiger charge is 2.31. The third-order valence-electron chi connectivity index (χ3n) is 4.72. The fourth-order valence-corrected chi connectivity index (χ4v) is 3.55. The molecule has 0 radical (unpaired) electrons. The van der Waals surface area contributed by atoms with Crippen molar-refractivity contribution in [3.05, 3.63) is 65.7 Å². The third-order valence-corrected chi connectivity index (χ3v) is 4.72. The van der Waals surface area contributed by atoms with Gasteiger partial charge in [-0.05, 0) is 44.0 Å². The molecule has 0 saturated heterocycles. The lowest BCUT2D eigenvalue weighted by Gasteiger charge is -2.22. The first-order valence-electron chi connectivity index (χ1n) is 8.57. The van der Waals surface area contributed by atoms with Gasteiger partial charge >= 0.3 is 5.97 Å². The molecule has 0 spiro atoms. The van der Waals surface area contributed by atoms with Crippen molar-refractivity contribution in [1.29, 1.82) is 0 Å². The number of esters is 1. The van der Waals surface area contributed by atoms with Crippen LogP contribution in [-0.2, 0) is 16.0 Å². The van der Waals surface area contributed by atoms with Crippen molar-refractivity contribution >= 4 is 23.1 Å². The standard InChI is InChI=1S/C20H19N3O3/c1-13-11-15-7-3-4-8-16(15)23(13)18(24)12-26-20(25)19-17-9-5-6-10-22(17)14(2)21-19/h3-10,13H,11-12H2,1-2H3/t13-/m1/s1. The number of imidazole rings is 1. The van der Waals surface area contributed by atoms with Crippen LogP contribution in [0.5, 0.6) is 0 Å². The first-order valence-corrected chi connectivity index (χ1v) is 8.57. The van der Waals surface area contributed by atoms with Crippen LogP contribution in [0.2, 0.25) is 0 Å². The van der Waals surface area contributed by atoms with E-state index >= 15 is 0 Å². The summed E-state index contributed by atoms with van der Waals surface area (Å²) in [6, 6.07) is 13.4. The van der Waals surface area contributed by atoms with E-state index in [1.54, 1.807) is 11.0 Å². The van der Waals surface area contributed by atoms with E-state index < -0.39 is 5.97 Å². The van der Waals surface area contributed by atoms with Gasteiger partial charge in [0, 0.05) is 17.9 Å². The van der Waals surface area contributed by atoms with Crippen molar-refractivity contribution in [3.8, 4) is 0 Å². The van der Waals surface area contributed by atoms with Gasteiger partial charge in [-0.2, -0.15) is 0 Å². The Labute approximate surface area is 151 Å². The summed E-state index contributed by atoms with van der Waals surface area (Å²) in [5.74, 6) is -0.118. The number of anilines is 1. The Balaban J connectivity index is 1.50. The zero-order valence-corrected chi connectivity index (χ0v) is 14.7. The third kappa shape index (κ3) is 2.63. The van der Waals surface area contributed by atoms with Gasteiger partial charge in [0.2, 0.25) is 0 Å². The number of hydrogen-bond donors (Lipinski definition) is 0. The van der Waals surface area contributed by atoms with Gasteiger partial charge in [0.05, 0.1) is 5.52 Å². The maximum Gasteiger partial charge on any atom is 0.359 e. The number of amides is 1. The number of nitrogens with zero attached hydrogens (tertiary/aromatic N) is 3. The van der Waals surface area contributed by atoms with E-state index in [1.165, 1.54) is 0 Å². The van der Waals surface area contributed by atoms with Crippen LogP contribution >= 0.6 is 0 Å². The first-order chi connectivity index (χ1) is 12.6. The minimum atomic E-state index is -0.588. The second-order valence-corrected chi connectivity index (χ2v) is 6.49. The number of carbonyl (C=O) groups excluding carboxylic acids is 2. The molecule has 2 aromatic heterocycles. The summed E-state index contributed by atoms with van der Waals surface area (Å²) in [6.07, 6.45) is 2.64. The molecule has 0 aliphatic carbocycles. The van der Waals surface area contributed by atoms with Crippen LogP contribution in [0.1, 0.15) is 28.8 Å². The highest BCUT2D eigenvalue weighted by atomic mass is 16.5.